The van der Waals surface area contributed by atoms with E-state index in [2.05, 4.69) is 20.9 Å². The number of nitrogens with zero attached hydrogens (tertiary/aromatic N) is 2. The minimum atomic E-state index is -0.728. The molecule has 0 aliphatic carbocycles. The first-order valence-electron chi connectivity index (χ1n) is 9.52. The Morgan fingerprint density at radius 2 is 1.97 bits per heavy atom. The Kier molecular flexibility index (Phi) is 4.67. The molecule has 0 bridgehead atoms. The lowest BCUT2D eigenvalue weighted by Gasteiger charge is -2.26. The number of rotatable bonds is 2. The fourth-order valence-corrected chi connectivity index (χ4v) is 5.04. The van der Waals surface area contributed by atoms with Crippen molar-refractivity contribution in [2.75, 3.05) is 14.2 Å². The topological polar surface area (TPSA) is 81.4 Å². The average molecular weight is 500 g/mol. The molecule has 0 amide bonds. The molecule has 0 spiro atoms. The summed E-state index contributed by atoms with van der Waals surface area (Å²) in [6, 6.07) is 13.4. The summed E-state index contributed by atoms with van der Waals surface area (Å²) >= 11 is 9.16. The molecule has 0 saturated carbocycles. The van der Waals surface area contributed by atoms with Crippen LogP contribution in [-0.4, -0.2) is 39.5 Å². The predicted octanol–water partition coefficient (Wildman–Crippen LogP) is 5.13. The van der Waals surface area contributed by atoms with Gasteiger partial charge < -0.3 is 24.1 Å². The number of hydrogen-bond donors (Lipinski definition) is 2. The molecular weight excluding hydrogens is 482 g/mol. The zero-order chi connectivity index (χ0) is 21.9. The van der Waals surface area contributed by atoms with Gasteiger partial charge in [-0.05, 0) is 53.7 Å². The number of aromatic hydroxyl groups is 1. The molecule has 3 heterocycles. The molecule has 7 nitrogen and oxygen atoms in total. The molecule has 4 aromatic rings. The van der Waals surface area contributed by atoms with E-state index in [-0.39, 0.29) is 16.7 Å². The van der Waals surface area contributed by atoms with Gasteiger partial charge in [0.15, 0.2) is 4.77 Å². The van der Waals surface area contributed by atoms with Crippen LogP contribution in [-0.2, 0) is 11.2 Å². The molecule has 31 heavy (non-hydrogen) atoms. The second kappa shape index (κ2) is 7.28. The van der Waals surface area contributed by atoms with Crippen molar-refractivity contribution in [1.82, 2.24) is 14.1 Å². The van der Waals surface area contributed by atoms with Crippen LogP contribution in [0.4, 0.5) is 4.79 Å². The van der Waals surface area contributed by atoms with Crippen molar-refractivity contribution in [3.8, 4) is 11.6 Å². The van der Waals surface area contributed by atoms with Crippen LogP contribution in [0.3, 0.4) is 0 Å². The highest BCUT2D eigenvalue weighted by Gasteiger charge is 2.35. The van der Waals surface area contributed by atoms with Gasteiger partial charge in [-0.2, -0.15) is 4.57 Å². The quantitative estimate of drug-likeness (QED) is 0.329. The first-order chi connectivity index (χ1) is 14.9. The zero-order valence-electron chi connectivity index (χ0n) is 16.7. The standard InChI is InChI=1S/C22H18BrN3O4S/c1-29-13-6-3-11(4-7-13)19-18-15(14-9-12(23)5-8-16(14)24-18)10-17-20(27)26(22(28)30-2)21(31)25(17)19/h3-9,19,24,27H,10H2,1-2H3. The maximum Gasteiger partial charge on any atom is 0.423 e. The molecule has 0 fully saturated rings. The number of nitrogens with one attached hydrogen (secondary N) is 1. The van der Waals surface area contributed by atoms with Gasteiger partial charge in [-0.25, -0.2) is 4.79 Å². The summed E-state index contributed by atoms with van der Waals surface area (Å²) in [5, 5.41) is 12.0. The van der Waals surface area contributed by atoms with Crippen molar-refractivity contribution in [1.29, 1.82) is 0 Å². The minimum absolute atomic E-state index is 0.172. The lowest BCUT2D eigenvalue weighted by atomic mass is 9.93. The largest absolute Gasteiger partial charge is 0.497 e. The first-order valence-corrected chi connectivity index (χ1v) is 10.7. The smallest absolute Gasteiger partial charge is 0.423 e. The van der Waals surface area contributed by atoms with Crippen LogP contribution in [0.15, 0.2) is 46.9 Å². The van der Waals surface area contributed by atoms with Crippen LogP contribution in [0, 0.1) is 4.77 Å². The Morgan fingerprint density at radius 1 is 1.23 bits per heavy atom. The van der Waals surface area contributed by atoms with Crippen molar-refractivity contribution in [2.45, 2.75) is 12.5 Å². The summed E-state index contributed by atoms with van der Waals surface area (Å²) in [6.45, 7) is 0. The molecular formula is C22H18BrN3O4S. The first kappa shape index (κ1) is 19.9. The number of imidazole rings is 1. The van der Waals surface area contributed by atoms with Gasteiger partial charge in [0.25, 0.3) is 0 Å². The molecule has 9 heteroatoms. The van der Waals surface area contributed by atoms with Gasteiger partial charge in [0.05, 0.1) is 19.9 Å². The number of benzene rings is 2. The van der Waals surface area contributed by atoms with Crippen LogP contribution < -0.4 is 4.74 Å². The van der Waals surface area contributed by atoms with Gasteiger partial charge in [-0.3, -0.25) is 0 Å². The summed E-state index contributed by atoms with van der Waals surface area (Å²) < 4.78 is 14.1. The molecule has 1 aliphatic heterocycles. The Hall–Kier alpha value is -3.04. The van der Waals surface area contributed by atoms with Crippen LogP contribution in [0.1, 0.15) is 28.6 Å². The molecule has 2 aromatic heterocycles. The molecule has 1 unspecified atom stereocenters. The minimum Gasteiger partial charge on any atom is -0.497 e. The number of fused-ring (bicyclic) bond motifs is 4. The fraction of sp³-hybridized carbons (Fsp3) is 0.182. The van der Waals surface area contributed by atoms with Gasteiger partial charge >= 0.3 is 6.09 Å². The molecule has 2 N–H and O–H groups in total. The molecule has 2 aromatic carbocycles. The number of methoxy groups -OCH3 is 2. The van der Waals surface area contributed by atoms with Gasteiger partial charge in [-0.15, -0.1) is 0 Å². The van der Waals surface area contributed by atoms with Gasteiger partial charge in [0.1, 0.15) is 11.8 Å². The molecule has 158 valence electrons. The predicted molar refractivity (Wildman–Crippen MR) is 122 cm³/mol. The molecule has 5 rings (SSSR count). The second-order valence-corrected chi connectivity index (χ2v) is 8.57. The number of carbonyl (C=O) groups is 1. The zero-order valence-corrected chi connectivity index (χ0v) is 19.1. The Labute approximate surface area is 191 Å². The van der Waals surface area contributed by atoms with Crippen molar-refractivity contribution < 1.29 is 19.4 Å². The van der Waals surface area contributed by atoms with Gasteiger partial charge in [0.2, 0.25) is 5.88 Å². The monoisotopic (exact) mass is 499 g/mol. The molecule has 1 aliphatic rings. The van der Waals surface area contributed by atoms with E-state index < -0.39 is 6.09 Å². The summed E-state index contributed by atoms with van der Waals surface area (Å²) in [7, 11) is 2.88. The van der Waals surface area contributed by atoms with E-state index in [1.807, 2.05) is 47.0 Å². The average Bonchev–Trinajstić information content (AvgIpc) is 3.26. The third kappa shape index (κ3) is 2.91. The lowest BCUT2D eigenvalue weighted by molar-refractivity contribution is 0.169. The van der Waals surface area contributed by atoms with Crippen LogP contribution >= 0.6 is 28.1 Å². The SMILES string of the molecule is COC(=O)n1c(O)c2n(c1=S)C(c1ccc(OC)cc1)c1[nH]c3ccc(Br)cc3c1C2. The maximum atomic E-state index is 12.3. The highest BCUT2D eigenvalue weighted by molar-refractivity contribution is 9.10. The normalized spacial score (nSPS) is 14.9. The maximum absolute atomic E-state index is 12.3. The van der Waals surface area contributed by atoms with Crippen LogP contribution in [0.25, 0.3) is 10.9 Å². The van der Waals surface area contributed by atoms with Gasteiger partial charge in [-0.1, -0.05) is 28.1 Å². The third-order valence-electron chi connectivity index (χ3n) is 5.72. The van der Waals surface area contributed by atoms with E-state index in [1.165, 1.54) is 7.11 Å². The van der Waals surface area contributed by atoms with Crippen molar-refractivity contribution >= 4 is 45.1 Å². The second-order valence-electron chi connectivity index (χ2n) is 7.29. The lowest BCUT2D eigenvalue weighted by Crippen LogP contribution is -2.22. The van der Waals surface area contributed by atoms with Crippen LogP contribution in [0.5, 0.6) is 11.6 Å². The van der Waals surface area contributed by atoms with E-state index in [0.717, 1.165) is 42.5 Å². The van der Waals surface area contributed by atoms with Gasteiger partial charge in [0, 0.05) is 27.5 Å². The van der Waals surface area contributed by atoms with E-state index in [0.29, 0.717) is 12.1 Å². The van der Waals surface area contributed by atoms with E-state index in [9.17, 15) is 9.90 Å². The summed E-state index contributed by atoms with van der Waals surface area (Å²) in [4.78, 5) is 15.9. The molecule has 1 atom stereocenters. The van der Waals surface area contributed by atoms with Crippen molar-refractivity contribution in [3.63, 3.8) is 0 Å². The summed E-state index contributed by atoms with van der Waals surface area (Å²) in [6.07, 6.45) is -0.313. The van der Waals surface area contributed by atoms with E-state index in [4.69, 9.17) is 21.7 Å². The number of carbonyl (C=O) groups excluding carboxylic acids is 1. The van der Waals surface area contributed by atoms with Crippen molar-refractivity contribution in [2.24, 2.45) is 0 Å². The number of ether oxygens (including phenoxy) is 2. The fourth-order valence-electron chi connectivity index (χ4n) is 4.30. The summed E-state index contributed by atoms with van der Waals surface area (Å²) in [5.41, 5.74) is 4.49. The van der Waals surface area contributed by atoms with Crippen LogP contribution in [0.2, 0.25) is 0 Å². The number of aromatic amines is 1. The van der Waals surface area contributed by atoms with Crippen molar-refractivity contribution in [3.05, 3.63) is 74.2 Å². The number of H-pyrrole nitrogens is 1. The Morgan fingerprint density at radius 3 is 2.65 bits per heavy atom. The third-order valence-corrected chi connectivity index (χ3v) is 6.60. The number of halogens is 1. The number of aromatic nitrogens is 3. The van der Waals surface area contributed by atoms with E-state index in [1.54, 1.807) is 7.11 Å². The highest BCUT2D eigenvalue weighted by Crippen LogP contribution is 2.43. The molecule has 0 saturated heterocycles. The molecule has 0 radical (unpaired) electrons. The Balaban J connectivity index is 1.83. The Bertz CT molecular complexity index is 1400. The highest BCUT2D eigenvalue weighted by atomic mass is 79.9. The van der Waals surface area contributed by atoms with E-state index >= 15 is 0 Å². The number of hydrogen-bond acceptors (Lipinski definition) is 5. The summed E-state index contributed by atoms with van der Waals surface area (Å²) in [5.74, 6) is 0.532.